The molecule has 1 unspecified atom stereocenters. The van der Waals surface area contributed by atoms with Crippen molar-refractivity contribution < 1.29 is 28.2 Å². The second kappa shape index (κ2) is 19.3. The average molecular weight is 701 g/mol. The molecule has 256 valence electrons. The average Bonchev–Trinajstić information content (AvgIpc) is 3.12. The molecule has 0 bridgehead atoms. The van der Waals surface area contributed by atoms with Crippen molar-refractivity contribution >= 4 is 47.1 Å². The van der Waals surface area contributed by atoms with Crippen LogP contribution in [0.5, 0.6) is 11.5 Å². The summed E-state index contributed by atoms with van der Waals surface area (Å²) in [6.07, 6.45) is 2.58. The first-order chi connectivity index (χ1) is 23.8. The summed E-state index contributed by atoms with van der Waals surface area (Å²) < 4.78 is 25.6. The first-order valence-electron chi connectivity index (χ1n) is 15.7. The second-order valence-corrected chi connectivity index (χ2v) is 12.5. The Bertz CT molecular complexity index is 1840. The molecule has 0 saturated carbocycles. The van der Waals surface area contributed by atoms with Crippen molar-refractivity contribution in [2.45, 2.75) is 36.6 Å². The summed E-state index contributed by atoms with van der Waals surface area (Å²) in [5.74, 6) is 1.03. The predicted octanol–water partition coefficient (Wildman–Crippen LogP) is 7.22. The third kappa shape index (κ3) is 11.2. The van der Waals surface area contributed by atoms with E-state index in [1.54, 1.807) is 30.8 Å². The van der Waals surface area contributed by atoms with Crippen LogP contribution in [-0.4, -0.2) is 51.0 Å². The number of esters is 1. The van der Waals surface area contributed by atoms with Gasteiger partial charge < -0.3 is 23.9 Å². The number of carbonyl (C=O) groups is 2. The van der Waals surface area contributed by atoms with E-state index in [0.717, 1.165) is 21.1 Å². The fourth-order valence-corrected chi connectivity index (χ4v) is 5.59. The Kier molecular flexibility index (Phi) is 14.6. The summed E-state index contributed by atoms with van der Waals surface area (Å²) in [7, 11) is 0. The van der Waals surface area contributed by atoms with Gasteiger partial charge in [0.05, 0.1) is 12.0 Å². The zero-order chi connectivity index (χ0) is 35.0. The molecule has 0 radical (unpaired) electrons. The Balaban J connectivity index is 0.000000246. The van der Waals surface area contributed by atoms with Crippen molar-refractivity contribution in [3.8, 4) is 22.8 Å². The molecule has 9 nitrogen and oxygen atoms in total. The number of para-hydroxylation sites is 1. The van der Waals surface area contributed by atoms with Crippen LogP contribution in [0.4, 0.5) is 0 Å². The highest BCUT2D eigenvalue weighted by molar-refractivity contribution is 7.98. The van der Waals surface area contributed by atoms with Crippen LogP contribution in [0.15, 0.2) is 116 Å². The second-order valence-electron chi connectivity index (χ2n) is 10.7. The molecule has 0 aliphatic heterocycles. The van der Waals surface area contributed by atoms with Gasteiger partial charge in [-0.2, -0.15) is 0 Å². The summed E-state index contributed by atoms with van der Waals surface area (Å²) in [6.45, 7) is 6.84. The van der Waals surface area contributed by atoms with Crippen molar-refractivity contribution in [1.29, 1.82) is 0 Å². The Labute approximate surface area is 294 Å². The van der Waals surface area contributed by atoms with E-state index in [4.69, 9.17) is 18.6 Å². The van der Waals surface area contributed by atoms with Crippen molar-refractivity contribution in [3.63, 3.8) is 0 Å². The van der Waals surface area contributed by atoms with E-state index in [1.807, 2.05) is 105 Å². The van der Waals surface area contributed by atoms with Gasteiger partial charge >= 0.3 is 5.97 Å². The molecule has 1 aromatic heterocycles. The molecule has 4 aromatic carbocycles. The van der Waals surface area contributed by atoms with Gasteiger partial charge in [0.2, 0.25) is 17.6 Å². The Morgan fingerprint density at radius 3 is 2.14 bits per heavy atom. The fraction of sp³-hybridized carbons (Fsp3) is 0.237. The number of fused-ring (bicyclic) bond motifs is 1. The smallest absolute Gasteiger partial charge is 0.325 e. The Morgan fingerprint density at radius 1 is 0.857 bits per heavy atom. The van der Waals surface area contributed by atoms with Gasteiger partial charge in [-0.15, -0.1) is 11.8 Å². The minimum Gasteiger partial charge on any atom is -0.490 e. The monoisotopic (exact) mass is 700 g/mol. The van der Waals surface area contributed by atoms with Crippen LogP contribution in [-0.2, 0) is 14.3 Å². The van der Waals surface area contributed by atoms with E-state index >= 15 is 0 Å². The number of ether oxygens (including phenoxy) is 3. The minimum atomic E-state index is -0.573. The SMILES string of the molecule is CCOC(=O)C(CNC=O)NSc1ccc(C)cc1.CSc1ccc(-c2oc3ccccc3c(=O)c2OCCOc2ccc(C)cc2)cc1. The van der Waals surface area contributed by atoms with Crippen LogP contribution < -0.4 is 24.9 Å². The molecule has 5 rings (SSSR count). The van der Waals surface area contributed by atoms with Gasteiger partial charge in [0.25, 0.3) is 0 Å². The van der Waals surface area contributed by atoms with Crippen LogP contribution >= 0.6 is 23.7 Å². The number of amides is 1. The summed E-state index contributed by atoms with van der Waals surface area (Å²) in [5.41, 5.74) is 3.49. The van der Waals surface area contributed by atoms with Gasteiger partial charge in [0, 0.05) is 21.9 Å². The molecule has 2 N–H and O–H groups in total. The number of hydrogen-bond donors (Lipinski definition) is 2. The van der Waals surface area contributed by atoms with E-state index in [1.165, 1.54) is 23.1 Å². The lowest BCUT2D eigenvalue weighted by Crippen LogP contribution is -2.42. The molecular weight excluding hydrogens is 661 g/mol. The molecule has 0 spiro atoms. The zero-order valence-electron chi connectivity index (χ0n) is 27.9. The molecule has 0 aliphatic carbocycles. The van der Waals surface area contributed by atoms with Crippen molar-refractivity contribution in [3.05, 3.63) is 118 Å². The van der Waals surface area contributed by atoms with Gasteiger partial charge in [0.15, 0.2) is 5.76 Å². The van der Waals surface area contributed by atoms with E-state index in [9.17, 15) is 14.4 Å². The lowest BCUT2D eigenvalue weighted by atomic mass is 10.1. The van der Waals surface area contributed by atoms with Gasteiger partial charge in [-0.05, 0) is 99.6 Å². The highest BCUT2D eigenvalue weighted by Gasteiger charge is 2.20. The van der Waals surface area contributed by atoms with Gasteiger partial charge in [-0.1, -0.05) is 47.5 Å². The number of hydrogen-bond acceptors (Lipinski definition) is 10. The minimum absolute atomic E-state index is 0.184. The topological polar surface area (TPSA) is 116 Å². The maximum Gasteiger partial charge on any atom is 0.325 e. The number of benzene rings is 4. The van der Waals surface area contributed by atoms with Crippen LogP contribution in [0.3, 0.4) is 0 Å². The summed E-state index contributed by atoms with van der Waals surface area (Å²) in [6, 6.07) is 30.2. The van der Waals surface area contributed by atoms with E-state index in [0.29, 0.717) is 36.4 Å². The molecule has 49 heavy (non-hydrogen) atoms. The van der Waals surface area contributed by atoms with Gasteiger partial charge in [-0.3, -0.25) is 14.4 Å². The third-order valence-corrected chi connectivity index (χ3v) is 8.70. The summed E-state index contributed by atoms with van der Waals surface area (Å²) >= 11 is 2.99. The maximum atomic E-state index is 13.1. The quantitative estimate of drug-likeness (QED) is 0.0381. The molecule has 5 aromatic rings. The van der Waals surface area contributed by atoms with Gasteiger partial charge in [-0.25, -0.2) is 4.72 Å². The van der Waals surface area contributed by atoms with E-state index in [2.05, 4.69) is 10.0 Å². The molecule has 0 saturated heterocycles. The Morgan fingerprint density at radius 2 is 1.49 bits per heavy atom. The lowest BCUT2D eigenvalue weighted by molar-refractivity contribution is -0.144. The molecule has 11 heteroatoms. The molecular formula is C38H40N2O7S2. The van der Waals surface area contributed by atoms with Crippen molar-refractivity contribution in [2.75, 3.05) is 32.6 Å². The zero-order valence-corrected chi connectivity index (χ0v) is 29.5. The molecule has 1 atom stereocenters. The van der Waals surface area contributed by atoms with Gasteiger partial charge in [0.1, 0.15) is 30.6 Å². The van der Waals surface area contributed by atoms with Crippen molar-refractivity contribution in [1.82, 2.24) is 10.0 Å². The highest BCUT2D eigenvalue weighted by Crippen LogP contribution is 2.32. The molecule has 1 amide bonds. The third-order valence-electron chi connectivity index (χ3n) is 7.04. The van der Waals surface area contributed by atoms with Crippen LogP contribution in [0.1, 0.15) is 18.1 Å². The van der Waals surface area contributed by atoms with Crippen LogP contribution in [0, 0.1) is 13.8 Å². The van der Waals surface area contributed by atoms with Crippen LogP contribution in [0.25, 0.3) is 22.3 Å². The molecule has 0 fully saturated rings. The van der Waals surface area contributed by atoms with Crippen molar-refractivity contribution in [2.24, 2.45) is 0 Å². The summed E-state index contributed by atoms with van der Waals surface area (Å²) in [5, 5.41) is 2.97. The number of carbonyl (C=O) groups excluding carboxylic acids is 2. The Hall–Kier alpha value is -4.71. The first kappa shape index (κ1) is 37.1. The fourth-order valence-electron chi connectivity index (χ4n) is 4.45. The molecule has 0 aliphatic rings. The maximum absolute atomic E-state index is 13.1. The van der Waals surface area contributed by atoms with Crippen LogP contribution in [0.2, 0.25) is 0 Å². The lowest BCUT2D eigenvalue weighted by Gasteiger charge is -2.16. The number of nitrogens with one attached hydrogen (secondary N) is 2. The number of rotatable bonds is 15. The highest BCUT2D eigenvalue weighted by atomic mass is 32.2. The number of thioether (sulfide) groups is 1. The van der Waals surface area contributed by atoms with E-state index in [-0.39, 0.29) is 30.3 Å². The largest absolute Gasteiger partial charge is 0.490 e. The first-order valence-corrected chi connectivity index (χ1v) is 17.7. The predicted molar refractivity (Wildman–Crippen MR) is 197 cm³/mol. The standard InChI is InChI=1S/C25H22O4S.C13H18N2O3S/c1-17-7-11-19(12-8-17)27-15-16-28-25-23(26)21-5-3-4-6-22(21)29-24(25)18-9-13-20(30-2)14-10-18;1-3-18-13(17)12(8-14-9-16)15-19-11-6-4-10(2)5-7-11/h3-14H,15-16H2,1-2H3;4-7,9,12,15H,3,8H2,1-2H3,(H,14,16). The summed E-state index contributed by atoms with van der Waals surface area (Å²) in [4.78, 5) is 37.2. The number of aryl methyl sites for hydroxylation is 2. The van der Waals surface area contributed by atoms with E-state index < -0.39 is 6.04 Å². The molecule has 1 heterocycles. The normalized spacial score (nSPS) is 11.2.